The molecule has 0 bridgehead atoms. The summed E-state index contributed by atoms with van der Waals surface area (Å²) in [6, 6.07) is 6.25. The van der Waals surface area contributed by atoms with E-state index in [0.29, 0.717) is 0 Å². The lowest BCUT2D eigenvalue weighted by molar-refractivity contribution is 0.407. The van der Waals surface area contributed by atoms with Gasteiger partial charge in [-0.2, -0.15) is 5.10 Å². The van der Waals surface area contributed by atoms with Crippen LogP contribution < -0.4 is 10.1 Å². The topological polar surface area (TPSA) is 39.1 Å². The third kappa shape index (κ3) is 3.83. The smallest absolute Gasteiger partial charge is 0.123 e. The molecule has 1 N–H and O–H groups in total. The Morgan fingerprint density at radius 3 is 2.89 bits per heavy atom. The average Bonchev–Trinajstić information content (AvgIpc) is 2.81. The van der Waals surface area contributed by atoms with Crippen LogP contribution >= 0.6 is 0 Å². The number of aromatic nitrogens is 2. The maximum atomic E-state index is 5.37. The molecule has 102 valence electrons. The summed E-state index contributed by atoms with van der Waals surface area (Å²) >= 11 is 0. The Kier molecular flexibility index (Phi) is 4.58. The number of hydrogen-bond donors (Lipinski definition) is 1. The van der Waals surface area contributed by atoms with Crippen molar-refractivity contribution in [3.63, 3.8) is 0 Å². The first kappa shape index (κ1) is 13.6. The van der Waals surface area contributed by atoms with Crippen LogP contribution in [-0.2, 0) is 20.0 Å². The highest BCUT2D eigenvalue weighted by molar-refractivity contribution is 5.36. The molecule has 4 nitrogen and oxygen atoms in total. The van der Waals surface area contributed by atoms with E-state index < -0.39 is 0 Å². The van der Waals surface area contributed by atoms with Crippen molar-refractivity contribution in [2.45, 2.75) is 19.9 Å². The minimum atomic E-state index is 0.825. The van der Waals surface area contributed by atoms with Gasteiger partial charge in [-0.05, 0) is 31.5 Å². The Hall–Kier alpha value is -1.81. The van der Waals surface area contributed by atoms with Crippen LogP contribution in [0.15, 0.2) is 30.6 Å². The Labute approximate surface area is 114 Å². The van der Waals surface area contributed by atoms with E-state index in [-0.39, 0.29) is 0 Å². The van der Waals surface area contributed by atoms with Crippen molar-refractivity contribution in [3.8, 4) is 5.75 Å². The first-order valence-electron chi connectivity index (χ1n) is 6.51. The van der Waals surface area contributed by atoms with Gasteiger partial charge in [-0.15, -0.1) is 0 Å². The Morgan fingerprint density at radius 1 is 1.37 bits per heavy atom. The maximum Gasteiger partial charge on any atom is 0.123 e. The van der Waals surface area contributed by atoms with Crippen LogP contribution in [-0.4, -0.2) is 23.4 Å². The van der Waals surface area contributed by atoms with E-state index in [1.807, 2.05) is 24.0 Å². The number of hydrogen-bond acceptors (Lipinski definition) is 3. The van der Waals surface area contributed by atoms with Crippen LogP contribution in [0, 0.1) is 6.92 Å². The maximum absolute atomic E-state index is 5.37. The van der Waals surface area contributed by atoms with Crippen molar-refractivity contribution < 1.29 is 4.74 Å². The SMILES string of the molecule is COc1ccc(C)cc1CNCCc1cnn(C)c1. The highest BCUT2D eigenvalue weighted by Gasteiger charge is 2.03. The Balaban J connectivity index is 1.83. The molecule has 0 amide bonds. The van der Waals surface area contributed by atoms with Crippen LogP contribution in [0.1, 0.15) is 16.7 Å². The van der Waals surface area contributed by atoms with Gasteiger partial charge in [0, 0.05) is 25.4 Å². The highest BCUT2D eigenvalue weighted by atomic mass is 16.5. The molecule has 0 aliphatic carbocycles. The fourth-order valence-corrected chi connectivity index (χ4v) is 2.10. The summed E-state index contributed by atoms with van der Waals surface area (Å²) in [5, 5.41) is 7.61. The second-order valence-corrected chi connectivity index (χ2v) is 4.76. The van der Waals surface area contributed by atoms with Crippen LogP contribution in [0.2, 0.25) is 0 Å². The van der Waals surface area contributed by atoms with Gasteiger partial charge in [-0.3, -0.25) is 4.68 Å². The molecule has 1 aromatic heterocycles. The number of nitrogens with one attached hydrogen (secondary N) is 1. The first-order valence-corrected chi connectivity index (χ1v) is 6.51. The zero-order valence-corrected chi connectivity index (χ0v) is 11.8. The highest BCUT2D eigenvalue weighted by Crippen LogP contribution is 2.19. The van der Waals surface area contributed by atoms with Gasteiger partial charge in [0.25, 0.3) is 0 Å². The van der Waals surface area contributed by atoms with Gasteiger partial charge < -0.3 is 10.1 Å². The van der Waals surface area contributed by atoms with Crippen molar-refractivity contribution in [1.82, 2.24) is 15.1 Å². The quantitative estimate of drug-likeness (QED) is 0.807. The number of rotatable bonds is 6. The van der Waals surface area contributed by atoms with Gasteiger partial charge in [-0.1, -0.05) is 17.7 Å². The summed E-state index contributed by atoms with van der Waals surface area (Å²) < 4.78 is 7.20. The van der Waals surface area contributed by atoms with Crippen LogP contribution in [0.5, 0.6) is 5.75 Å². The largest absolute Gasteiger partial charge is 0.496 e. The van der Waals surface area contributed by atoms with Gasteiger partial charge in [0.2, 0.25) is 0 Å². The van der Waals surface area contributed by atoms with Crippen molar-refractivity contribution in [1.29, 1.82) is 0 Å². The number of methoxy groups -OCH3 is 1. The van der Waals surface area contributed by atoms with Crippen molar-refractivity contribution in [2.24, 2.45) is 7.05 Å². The van der Waals surface area contributed by atoms with Crippen molar-refractivity contribution in [2.75, 3.05) is 13.7 Å². The summed E-state index contributed by atoms with van der Waals surface area (Å²) in [6.07, 6.45) is 4.95. The second kappa shape index (κ2) is 6.38. The van der Waals surface area contributed by atoms with E-state index in [1.165, 1.54) is 16.7 Å². The molecular formula is C15H21N3O. The number of aryl methyl sites for hydroxylation is 2. The Bertz CT molecular complexity index is 534. The molecule has 0 aliphatic rings. The predicted molar refractivity (Wildman–Crippen MR) is 76.3 cm³/mol. The van der Waals surface area contributed by atoms with E-state index in [2.05, 4.69) is 35.7 Å². The molecule has 19 heavy (non-hydrogen) atoms. The predicted octanol–water partition coefficient (Wildman–Crippen LogP) is 2.07. The number of nitrogens with zero attached hydrogens (tertiary/aromatic N) is 2. The molecule has 0 atom stereocenters. The zero-order chi connectivity index (χ0) is 13.7. The molecule has 0 radical (unpaired) electrons. The van der Waals surface area contributed by atoms with E-state index >= 15 is 0 Å². The fourth-order valence-electron chi connectivity index (χ4n) is 2.10. The van der Waals surface area contributed by atoms with E-state index in [0.717, 1.165) is 25.3 Å². The molecule has 4 heteroatoms. The lowest BCUT2D eigenvalue weighted by Crippen LogP contribution is -2.17. The molecule has 0 aliphatic heterocycles. The van der Waals surface area contributed by atoms with Crippen LogP contribution in [0.3, 0.4) is 0 Å². The van der Waals surface area contributed by atoms with Crippen molar-refractivity contribution in [3.05, 3.63) is 47.3 Å². The van der Waals surface area contributed by atoms with Gasteiger partial charge in [0.05, 0.1) is 13.3 Å². The van der Waals surface area contributed by atoms with E-state index in [1.54, 1.807) is 7.11 Å². The third-order valence-corrected chi connectivity index (χ3v) is 3.10. The average molecular weight is 259 g/mol. The van der Waals surface area contributed by atoms with Crippen molar-refractivity contribution >= 4 is 0 Å². The lowest BCUT2D eigenvalue weighted by atomic mass is 10.1. The third-order valence-electron chi connectivity index (χ3n) is 3.10. The van der Waals surface area contributed by atoms with E-state index in [9.17, 15) is 0 Å². The molecule has 0 unspecified atom stereocenters. The summed E-state index contributed by atoms with van der Waals surface area (Å²) in [4.78, 5) is 0. The summed E-state index contributed by atoms with van der Waals surface area (Å²) in [6.45, 7) is 3.85. The summed E-state index contributed by atoms with van der Waals surface area (Å²) in [7, 11) is 3.65. The standard InChI is InChI=1S/C15H21N3O/c1-12-4-5-15(19-3)14(8-12)10-16-7-6-13-9-17-18(2)11-13/h4-5,8-9,11,16H,6-7,10H2,1-3H3. The number of benzene rings is 1. The summed E-state index contributed by atoms with van der Waals surface area (Å²) in [5.41, 5.74) is 3.71. The van der Waals surface area contributed by atoms with Gasteiger partial charge in [0.15, 0.2) is 0 Å². The fraction of sp³-hybridized carbons (Fsp3) is 0.400. The van der Waals surface area contributed by atoms with Crippen LogP contribution in [0.4, 0.5) is 0 Å². The van der Waals surface area contributed by atoms with Gasteiger partial charge in [0.1, 0.15) is 5.75 Å². The minimum absolute atomic E-state index is 0.825. The minimum Gasteiger partial charge on any atom is -0.496 e. The molecule has 1 aromatic carbocycles. The van der Waals surface area contributed by atoms with Gasteiger partial charge in [-0.25, -0.2) is 0 Å². The molecule has 0 fully saturated rings. The molecule has 2 aromatic rings. The van der Waals surface area contributed by atoms with Gasteiger partial charge >= 0.3 is 0 Å². The normalized spacial score (nSPS) is 10.7. The molecule has 0 saturated carbocycles. The monoisotopic (exact) mass is 259 g/mol. The molecule has 2 rings (SSSR count). The second-order valence-electron chi connectivity index (χ2n) is 4.76. The molecule has 0 saturated heterocycles. The Morgan fingerprint density at radius 2 is 2.21 bits per heavy atom. The zero-order valence-electron chi connectivity index (χ0n) is 11.8. The molecular weight excluding hydrogens is 238 g/mol. The lowest BCUT2D eigenvalue weighted by Gasteiger charge is -2.10. The summed E-state index contributed by atoms with van der Waals surface area (Å²) in [5.74, 6) is 0.944. The van der Waals surface area contributed by atoms with E-state index in [4.69, 9.17) is 4.74 Å². The number of ether oxygens (including phenoxy) is 1. The molecule has 1 heterocycles. The van der Waals surface area contributed by atoms with Crippen LogP contribution in [0.25, 0.3) is 0 Å². The molecule has 0 spiro atoms. The first-order chi connectivity index (χ1) is 9.19.